The van der Waals surface area contributed by atoms with E-state index in [1.165, 1.54) is 18.2 Å². The van der Waals surface area contributed by atoms with E-state index in [1.807, 2.05) is 0 Å². The molecule has 3 nitrogen and oxygen atoms in total. The molecule has 0 saturated heterocycles. The molecular formula is C17H13F7N2O. The maximum absolute atomic E-state index is 13.1. The molecule has 0 aliphatic rings. The summed E-state index contributed by atoms with van der Waals surface area (Å²) in [5.41, 5.74) is 1.47. The zero-order valence-electron chi connectivity index (χ0n) is 13.5. The summed E-state index contributed by atoms with van der Waals surface area (Å²) >= 11 is 0. The van der Waals surface area contributed by atoms with Gasteiger partial charge in [0.25, 0.3) is 0 Å². The Hall–Kier alpha value is -2.78. The van der Waals surface area contributed by atoms with E-state index < -0.39 is 18.1 Å². The smallest absolute Gasteiger partial charge is 0.462 e. The molecule has 2 aromatic carbocycles. The minimum atomic E-state index is -6.43. The maximum atomic E-state index is 13.1. The van der Waals surface area contributed by atoms with Gasteiger partial charge < -0.3 is 4.74 Å². The first-order valence-electron chi connectivity index (χ1n) is 7.43. The van der Waals surface area contributed by atoms with Gasteiger partial charge in [-0.05, 0) is 17.7 Å². The van der Waals surface area contributed by atoms with Crippen LogP contribution in [0.15, 0.2) is 59.7 Å². The van der Waals surface area contributed by atoms with Crippen molar-refractivity contribution in [1.82, 2.24) is 5.43 Å². The summed E-state index contributed by atoms with van der Waals surface area (Å²) < 4.78 is 93.5. The van der Waals surface area contributed by atoms with Gasteiger partial charge in [-0.15, -0.1) is 0 Å². The monoisotopic (exact) mass is 394 g/mol. The van der Waals surface area contributed by atoms with Crippen molar-refractivity contribution < 1.29 is 35.5 Å². The number of benzene rings is 2. The average Bonchev–Trinajstić information content (AvgIpc) is 2.60. The van der Waals surface area contributed by atoms with Gasteiger partial charge in [0, 0.05) is 5.56 Å². The molecule has 0 heterocycles. The number of rotatable bonds is 7. The van der Waals surface area contributed by atoms with E-state index in [2.05, 4.69) is 5.10 Å². The molecule has 1 N–H and O–H groups in total. The zero-order chi connectivity index (χ0) is 20.1. The van der Waals surface area contributed by atoms with Crippen molar-refractivity contribution >= 4 is 6.21 Å². The predicted molar refractivity (Wildman–Crippen MR) is 83.9 cm³/mol. The van der Waals surface area contributed by atoms with Gasteiger partial charge in [-0.3, -0.25) is 0 Å². The van der Waals surface area contributed by atoms with Crippen LogP contribution in [0, 0.1) is 0 Å². The second-order valence-electron chi connectivity index (χ2n) is 5.33. The summed E-state index contributed by atoms with van der Waals surface area (Å²) in [5.74, 6) is -6.11. The van der Waals surface area contributed by atoms with Gasteiger partial charge in [0.2, 0.25) is 0 Å². The van der Waals surface area contributed by atoms with Crippen molar-refractivity contribution in [2.24, 2.45) is 5.10 Å². The van der Waals surface area contributed by atoms with Crippen molar-refractivity contribution in [3.63, 3.8) is 0 Å². The molecule has 0 aliphatic carbocycles. The fourth-order valence-corrected chi connectivity index (χ4v) is 1.89. The molecule has 0 fully saturated rings. The van der Waals surface area contributed by atoms with E-state index in [0.29, 0.717) is 11.6 Å². The van der Waals surface area contributed by atoms with E-state index in [1.54, 1.807) is 36.4 Å². The molecule has 0 bridgehead atoms. The Labute approximate surface area is 149 Å². The molecule has 2 rings (SSSR count). The van der Waals surface area contributed by atoms with Crippen molar-refractivity contribution in [2.45, 2.75) is 24.8 Å². The Morgan fingerprint density at radius 1 is 0.852 bits per heavy atom. The molecule has 0 atom stereocenters. The van der Waals surface area contributed by atoms with E-state index in [4.69, 9.17) is 4.74 Å². The summed E-state index contributed by atoms with van der Waals surface area (Å²) in [5, 5.41) is 2.82. The van der Waals surface area contributed by atoms with E-state index in [9.17, 15) is 30.7 Å². The minimum Gasteiger partial charge on any atom is -0.488 e. The summed E-state index contributed by atoms with van der Waals surface area (Å²) in [6.07, 6.45) is -5.77. The third kappa shape index (κ3) is 4.89. The molecule has 10 heteroatoms. The van der Waals surface area contributed by atoms with Crippen molar-refractivity contribution in [3.05, 3.63) is 65.7 Å². The highest BCUT2D eigenvalue weighted by Crippen LogP contribution is 2.44. The summed E-state index contributed by atoms with van der Waals surface area (Å²) in [4.78, 5) is 0. The second-order valence-corrected chi connectivity index (χ2v) is 5.33. The number of hydrogen-bond acceptors (Lipinski definition) is 3. The van der Waals surface area contributed by atoms with Gasteiger partial charge in [-0.2, -0.15) is 35.8 Å². The van der Waals surface area contributed by atoms with Crippen LogP contribution in [0.1, 0.15) is 11.1 Å². The van der Waals surface area contributed by atoms with E-state index in [0.717, 1.165) is 5.56 Å². The Balaban J connectivity index is 2.09. The third-order valence-electron chi connectivity index (χ3n) is 3.32. The molecular weight excluding hydrogens is 381 g/mol. The first kappa shape index (κ1) is 20.5. The van der Waals surface area contributed by atoms with Crippen molar-refractivity contribution in [2.75, 3.05) is 0 Å². The topological polar surface area (TPSA) is 33.6 Å². The van der Waals surface area contributed by atoms with Gasteiger partial charge >= 0.3 is 18.1 Å². The number of nitrogens with zero attached hydrogens (tertiary/aromatic N) is 1. The lowest BCUT2D eigenvalue weighted by Gasteiger charge is -2.27. The quantitative estimate of drug-likeness (QED) is 0.311. The van der Waals surface area contributed by atoms with Crippen molar-refractivity contribution in [1.29, 1.82) is 0 Å². The molecule has 0 radical (unpaired) electrons. The molecule has 0 unspecified atom stereocenters. The highest BCUT2D eigenvalue weighted by Gasteiger charge is 2.73. The van der Waals surface area contributed by atoms with Crippen LogP contribution in [0.5, 0.6) is 5.75 Å². The van der Waals surface area contributed by atoms with Crippen LogP contribution in [-0.2, 0) is 6.61 Å². The highest BCUT2D eigenvalue weighted by atomic mass is 19.4. The Kier molecular flexibility index (Phi) is 5.97. The lowest BCUT2D eigenvalue weighted by Crippen LogP contribution is -2.58. The fourth-order valence-electron chi connectivity index (χ4n) is 1.89. The van der Waals surface area contributed by atoms with Crippen LogP contribution in [0.2, 0.25) is 0 Å². The standard InChI is InChI=1S/C17H13F7N2O/c18-15(19,16(20,21)22)17(23,24)26-25-10-13-8-4-5-9-14(13)27-11-12-6-2-1-3-7-12/h1-10,26H,11H2/b25-10-. The van der Waals surface area contributed by atoms with E-state index >= 15 is 0 Å². The molecule has 0 spiro atoms. The third-order valence-corrected chi connectivity index (χ3v) is 3.32. The van der Waals surface area contributed by atoms with Crippen LogP contribution in [0.4, 0.5) is 30.7 Å². The van der Waals surface area contributed by atoms with Gasteiger partial charge in [0.1, 0.15) is 12.4 Å². The van der Waals surface area contributed by atoms with Gasteiger partial charge in [-0.25, -0.2) is 5.43 Å². The Morgan fingerprint density at radius 3 is 2.07 bits per heavy atom. The van der Waals surface area contributed by atoms with Gasteiger partial charge in [0.15, 0.2) is 0 Å². The number of hydrogen-bond donors (Lipinski definition) is 1. The molecule has 146 valence electrons. The summed E-state index contributed by atoms with van der Waals surface area (Å²) in [6, 6.07) is 9.16. The Morgan fingerprint density at radius 2 is 1.44 bits per heavy atom. The summed E-state index contributed by atoms with van der Waals surface area (Å²) in [7, 11) is 0. The fraction of sp³-hybridized carbons (Fsp3) is 0.235. The second kappa shape index (κ2) is 7.85. The van der Waals surface area contributed by atoms with Gasteiger partial charge in [-0.1, -0.05) is 42.5 Å². The maximum Gasteiger partial charge on any atom is 0.462 e. The SMILES string of the molecule is FC(F)(F)C(F)(F)C(F)(F)N/N=C\c1ccccc1OCc1ccccc1. The number of hydrazone groups is 1. The minimum absolute atomic E-state index is 0.104. The number of nitrogens with one attached hydrogen (secondary N) is 1. The first-order chi connectivity index (χ1) is 12.5. The van der Waals surface area contributed by atoms with Gasteiger partial charge in [0.05, 0.1) is 6.21 Å². The Bertz CT molecular complexity index is 776. The predicted octanol–water partition coefficient (Wildman–Crippen LogP) is 4.98. The molecule has 0 amide bonds. The molecule has 27 heavy (non-hydrogen) atoms. The number of halogens is 7. The van der Waals surface area contributed by atoms with Crippen molar-refractivity contribution in [3.8, 4) is 5.75 Å². The van der Waals surface area contributed by atoms with Crippen LogP contribution >= 0.6 is 0 Å². The zero-order valence-corrected chi connectivity index (χ0v) is 13.5. The number of alkyl halides is 7. The largest absolute Gasteiger partial charge is 0.488 e. The average molecular weight is 394 g/mol. The number of para-hydroxylation sites is 1. The normalized spacial score (nSPS) is 13.0. The van der Waals surface area contributed by atoms with Crippen LogP contribution < -0.4 is 10.2 Å². The first-order valence-corrected chi connectivity index (χ1v) is 7.43. The number of ether oxygens (including phenoxy) is 1. The summed E-state index contributed by atoms with van der Waals surface area (Å²) in [6.45, 7) is 0.126. The van der Waals surface area contributed by atoms with Crippen LogP contribution in [0.25, 0.3) is 0 Å². The highest BCUT2D eigenvalue weighted by molar-refractivity contribution is 5.83. The molecule has 0 aliphatic heterocycles. The molecule has 0 aromatic heterocycles. The van der Waals surface area contributed by atoms with E-state index in [-0.39, 0.29) is 17.9 Å². The lowest BCUT2D eigenvalue weighted by atomic mass is 10.2. The van der Waals surface area contributed by atoms with Crippen LogP contribution in [-0.4, -0.2) is 24.4 Å². The molecule has 0 saturated carbocycles. The lowest BCUT2D eigenvalue weighted by molar-refractivity contribution is -0.361. The molecule has 2 aromatic rings. The van der Waals surface area contributed by atoms with Crippen LogP contribution in [0.3, 0.4) is 0 Å².